The maximum absolute atomic E-state index is 13.0. The topological polar surface area (TPSA) is 101 Å². The maximum Gasteiger partial charge on any atom is 0.319 e. The fourth-order valence-corrected chi connectivity index (χ4v) is 3.87. The Morgan fingerprint density at radius 1 is 1.06 bits per heavy atom. The summed E-state index contributed by atoms with van der Waals surface area (Å²) in [5, 5.41) is 17.6. The average molecular weight is 489 g/mol. The molecule has 0 saturated heterocycles. The number of anilines is 1. The second-order valence-electron chi connectivity index (χ2n) is 8.62. The number of halogens is 1. The molecule has 0 aliphatic heterocycles. The molecule has 2 heterocycles. The largest absolute Gasteiger partial charge is 0.338 e. The lowest BCUT2D eigenvalue weighted by molar-refractivity contribution is 0.251. The smallest absolute Gasteiger partial charge is 0.319 e. The van der Waals surface area contributed by atoms with Crippen molar-refractivity contribution in [1.29, 1.82) is 0 Å². The molecule has 2 amide bonds. The van der Waals surface area contributed by atoms with Gasteiger partial charge >= 0.3 is 6.03 Å². The first-order valence-corrected chi connectivity index (χ1v) is 11.7. The molecule has 0 bridgehead atoms. The van der Waals surface area contributed by atoms with Crippen molar-refractivity contribution in [2.45, 2.75) is 19.4 Å². The van der Waals surface area contributed by atoms with E-state index in [0.29, 0.717) is 18.1 Å². The lowest BCUT2D eigenvalue weighted by atomic mass is 10.0. The quantitative estimate of drug-likeness (QED) is 0.326. The number of benzene rings is 2. The summed E-state index contributed by atoms with van der Waals surface area (Å²) in [5.41, 5.74) is 4.29. The van der Waals surface area contributed by atoms with Gasteiger partial charge in [-0.2, -0.15) is 0 Å². The van der Waals surface area contributed by atoms with Crippen LogP contribution in [0.4, 0.5) is 14.9 Å². The third kappa shape index (κ3) is 6.92. The minimum Gasteiger partial charge on any atom is -0.338 e. The lowest BCUT2D eigenvalue weighted by Crippen LogP contribution is -2.30. The molecule has 186 valence electrons. The molecule has 2 aromatic carbocycles. The molecular weight excluding hydrogens is 459 g/mol. The number of rotatable bonds is 10. The van der Waals surface area contributed by atoms with Crippen LogP contribution in [0.15, 0.2) is 67.0 Å². The minimum atomic E-state index is -0.278. The van der Waals surface area contributed by atoms with Gasteiger partial charge in [0.05, 0.1) is 0 Å². The standard InChI is InChI=1S/C26H29FN8O/c1-34(18-19-7-9-23(27)10-8-19)13-4-3-12-29-26(36)30-24-15-21(20-6-5-11-28-17-20)14-22(16-24)25-31-32-33-35(25)2/h5-11,14-17H,3-4,12-13,18H2,1-2H3,(H2,29,30,36). The summed E-state index contributed by atoms with van der Waals surface area (Å²) >= 11 is 0. The summed E-state index contributed by atoms with van der Waals surface area (Å²) < 4.78 is 14.6. The molecule has 0 radical (unpaired) electrons. The molecule has 0 aliphatic carbocycles. The Morgan fingerprint density at radius 3 is 2.58 bits per heavy atom. The first-order valence-electron chi connectivity index (χ1n) is 11.7. The summed E-state index contributed by atoms with van der Waals surface area (Å²) in [6, 6.07) is 15.8. The highest BCUT2D eigenvalue weighted by Crippen LogP contribution is 2.28. The van der Waals surface area contributed by atoms with Crippen molar-refractivity contribution in [3.8, 4) is 22.5 Å². The van der Waals surface area contributed by atoms with Gasteiger partial charge in [0.2, 0.25) is 0 Å². The van der Waals surface area contributed by atoms with Crippen LogP contribution in [0.25, 0.3) is 22.5 Å². The van der Waals surface area contributed by atoms with Gasteiger partial charge in [-0.3, -0.25) is 4.98 Å². The average Bonchev–Trinajstić information content (AvgIpc) is 3.31. The summed E-state index contributed by atoms with van der Waals surface area (Å²) in [7, 11) is 3.80. The number of nitrogens with zero attached hydrogens (tertiary/aromatic N) is 6. The van der Waals surface area contributed by atoms with E-state index in [1.807, 2.05) is 37.4 Å². The number of hydrogen-bond donors (Lipinski definition) is 2. The fourth-order valence-electron chi connectivity index (χ4n) is 3.87. The monoisotopic (exact) mass is 488 g/mol. The predicted molar refractivity (Wildman–Crippen MR) is 136 cm³/mol. The van der Waals surface area contributed by atoms with Crippen LogP contribution in [0.5, 0.6) is 0 Å². The van der Waals surface area contributed by atoms with Gasteiger partial charge in [-0.15, -0.1) is 5.10 Å². The molecule has 9 nitrogen and oxygen atoms in total. The fraction of sp³-hybridized carbons (Fsp3) is 0.269. The van der Waals surface area contributed by atoms with Crippen LogP contribution >= 0.6 is 0 Å². The van der Waals surface area contributed by atoms with Crippen LogP contribution < -0.4 is 10.6 Å². The Kier molecular flexibility index (Phi) is 8.30. The zero-order valence-electron chi connectivity index (χ0n) is 20.4. The van der Waals surface area contributed by atoms with Gasteiger partial charge in [-0.25, -0.2) is 13.9 Å². The Bertz CT molecular complexity index is 1280. The summed E-state index contributed by atoms with van der Waals surface area (Å²) in [6.45, 7) is 2.19. The predicted octanol–water partition coefficient (Wildman–Crippen LogP) is 4.11. The van der Waals surface area contributed by atoms with E-state index >= 15 is 0 Å². The van der Waals surface area contributed by atoms with Crippen LogP contribution in [0, 0.1) is 5.82 Å². The zero-order chi connectivity index (χ0) is 25.3. The van der Waals surface area contributed by atoms with Gasteiger partial charge in [0.15, 0.2) is 5.82 Å². The van der Waals surface area contributed by atoms with Crippen LogP contribution in [-0.4, -0.2) is 56.3 Å². The number of amides is 2. The van der Waals surface area contributed by atoms with Crippen molar-refractivity contribution >= 4 is 11.7 Å². The number of hydrogen-bond acceptors (Lipinski definition) is 6. The van der Waals surface area contributed by atoms with Gasteiger partial charge in [0.25, 0.3) is 0 Å². The van der Waals surface area contributed by atoms with Crippen LogP contribution in [-0.2, 0) is 13.6 Å². The number of aromatic nitrogens is 5. The number of carbonyl (C=O) groups is 1. The second kappa shape index (κ2) is 12.0. The number of urea groups is 1. The van der Waals surface area contributed by atoms with E-state index in [1.165, 1.54) is 12.1 Å². The first-order chi connectivity index (χ1) is 17.5. The Morgan fingerprint density at radius 2 is 1.86 bits per heavy atom. The van der Waals surface area contributed by atoms with E-state index in [0.717, 1.165) is 48.2 Å². The minimum absolute atomic E-state index is 0.226. The Balaban J connectivity index is 1.30. The van der Waals surface area contributed by atoms with Crippen molar-refractivity contribution in [3.05, 3.63) is 78.4 Å². The molecule has 10 heteroatoms. The van der Waals surface area contributed by atoms with Crippen molar-refractivity contribution < 1.29 is 9.18 Å². The molecule has 36 heavy (non-hydrogen) atoms. The summed E-state index contributed by atoms with van der Waals surface area (Å²) in [6.07, 6.45) is 5.25. The Hall–Kier alpha value is -4.18. The van der Waals surface area contributed by atoms with E-state index in [9.17, 15) is 9.18 Å². The SMILES string of the molecule is CN(CCCCNC(=O)Nc1cc(-c2cccnc2)cc(-c2nnnn2C)c1)Cc1ccc(F)cc1. The molecule has 2 N–H and O–H groups in total. The van der Waals surface area contributed by atoms with Crippen LogP contribution in [0.1, 0.15) is 18.4 Å². The normalized spacial score (nSPS) is 11.0. The van der Waals surface area contributed by atoms with Gasteiger partial charge < -0.3 is 15.5 Å². The van der Waals surface area contributed by atoms with Gasteiger partial charge in [-0.05, 0) is 84.4 Å². The number of unbranched alkanes of at least 4 members (excludes halogenated alkanes) is 1. The number of pyridine rings is 1. The highest BCUT2D eigenvalue weighted by molar-refractivity contribution is 5.91. The van der Waals surface area contributed by atoms with Gasteiger partial charge in [0, 0.05) is 49.3 Å². The van der Waals surface area contributed by atoms with E-state index in [4.69, 9.17) is 0 Å². The van der Waals surface area contributed by atoms with E-state index in [1.54, 1.807) is 36.3 Å². The molecule has 0 fully saturated rings. The number of nitrogens with one attached hydrogen (secondary N) is 2. The molecular formula is C26H29FN8O. The van der Waals surface area contributed by atoms with Gasteiger partial charge in [-0.1, -0.05) is 18.2 Å². The molecule has 0 spiro atoms. The molecule has 4 aromatic rings. The highest BCUT2D eigenvalue weighted by Gasteiger charge is 2.12. The third-order valence-corrected chi connectivity index (χ3v) is 5.68. The maximum atomic E-state index is 13.0. The van der Waals surface area contributed by atoms with E-state index in [-0.39, 0.29) is 11.8 Å². The van der Waals surface area contributed by atoms with Crippen LogP contribution in [0.2, 0.25) is 0 Å². The molecule has 2 aromatic heterocycles. The number of tetrazole rings is 1. The zero-order valence-corrected chi connectivity index (χ0v) is 20.4. The van der Waals surface area contributed by atoms with Crippen molar-refractivity contribution in [2.24, 2.45) is 7.05 Å². The molecule has 4 rings (SSSR count). The van der Waals surface area contributed by atoms with Crippen molar-refractivity contribution in [1.82, 2.24) is 35.4 Å². The molecule has 0 unspecified atom stereocenters. The Labute approximate surface area is 209 Å². The second-order valence-corrected chi connectivity index (χ2v) is 8.62. The number of aryl methyl sites for hydroxylation is 1. The van der Waals surface area contributed by atoms with E-state index < -0.39 is 0 Å². The summed E-state index contributed by atoms with van der Waals surface area (Å²) in [4.78, 5) is 18.9. The van der Waals surface area contributed by atoms with Crippen molar-refractivity contribution in [3.63, 3.8) is 0 Å². The van der Waals surface area contributed by atoms with Crippen molar-refractivity contribution in [2.75, 3.05) is 25.5 Å². The third-order valence-electron chi connectivity index (χ3n) is 5.68. The number of carbonyl (C=O) groups excluding carboxylic acids is 1. The lowest BCUT2D eigenvalue weighted by Gasteiger charge is -2.16. The molecule has 0 atom stereocenters. The van der Waals surface area contributed by atoms with Crippen LogP contribution in [0.3, 0.4) is 0 Å². The summed E-state index contributed by atoms with van der Waals surface area (Å²) in [5.74, 6) is 0.366. The molecule has 0 aliphatic rings. The highest BCUT2D eigenvalue weighted by atomic mass is 19.1. The van der Waals surface area contributed by atoms with Gasteiger partial charge in [0.1, 0.15) is 5.82 Å². The first kappa shape index (κ1) is 24.9. The molecule has 0 saturated carbocycles. The van der Waals surface area contributed by atoms with E-state index in [2.05, 4.69) is 36.0 Å².